The van der Waals surface area contributed by atoms with Crippen molar-refractivity contribution in [3.05, 3.63) is 35.9 Å². The zero-order chi connectivity index (χ0) is 16.5. The Balaban J connectivity index is 2.61. The van der Waals surface area contributed by atoms with E-state index in [1.165, 1.54) is 12.1 Å². The van der Waals surface area contributed by atoms with Gasteiger partial charge in [0.1, 0.15) is 0 Å². The van der Waals surface area contributed by atoms with E-state index in [-0.39, 0.29) is 18.8 Å². The van der Waals surface area contributed by atoms with Gasteiger partial charge in [0, 0.05) is 6.42 Å². The van der Waals surface area contributed by atoms with Crippen molar-refractivity contribution in [3.8, 4) is 11.5 Å². The zero-order valence-corrected chi connectivity index (χ0v) is 13.1. The number of allylic oxidation sites excluding steroid dienone is 1. The van der Waals surface area contributed by atoms with Crippen LogP contribution < -0.4 is 9.47 Å². The number of ether oxygens (including phenoxy) is 2. The highest BCUT2D eigenvalue weighted by Crippen LogP contribution is 2.29. The summed E-state index contributed by atoms with van der Waals surface area (Å²) in [5, 5.41) is 0. The van der Waals surface area contributed by atoms with Gasteiger partial charge in [0.25, 0.3) is 0 Å². The fraction of sp³-hybridized carbons (Fsp3) is 0.529. The molecule has 22 heavy (non-hydrogen) atoms. The average Bonchev–Trinajstić information content (AvgIpc) is 2.48. The van der Waals surface area contributed by atoms with Crippen molar-refractivity contribution in [1.29, 1.82) is 0 Å². The van der Waals surface area contributed by atoms with Gasteiger partial charge in [0.05, 0.1) is 6.61 Å². The van der Waals surface area contributed by atoms with Crippen LogP contribution in [0.15, 0.2) is 24.3 Å². The third-order valence-electron chi connectivity index (χ3n) is 3.06. The minimum Gasteiger partial charge on any atom is -0.490 e. The van der Waals surface area contributed by atoms with Crippen LogP contribution in [0.5, 0.6) is 11.5 Å². The molecule has 0 aromatic heterocycles. The molecule has 124 valence electrons. The fourth-order valence-electron chi connectivity index (χ4n) is 1.83. The minimum atomic E-state index is -1.64. The van der Waals surface area contributed by atoms with Crippen LogP contribution in [0.1, 0.15) is 46.0 Å². The second kappa shape index (κ2) is 9.38. The molecule has 0 amide bonds. The number of hydrogen-bond donors (Lipinski definition) is 0. The molecular weight excluding hydrogens is 293 g/mol. The smallest absolute Gasteiger partial charge is 0.238 e. The summed E-state index contributed by atoms with van der Waals surface area (Å²) >= 11 is 0. The number of halogens is 3. The summed E-state index contributed by atoms with van der Waals surface area (Å²) in [5.74, 6) is -3.02. The van der Waals surface area contributed by atoms with E-state index in [9.17, 15) is 13.2 Å². The number of rotatable bonds is 10. The molecule has 0 aliphatic carbocycles. The lowest BCUT2D eigenvalue weighted by atomic mass is 10.2. The minimum absolute atomic E-state index is 0.150. The van der Waals surface area contributed by atoms with Crippen molar-refractivity contribution in [2.75, 3.05) is 6.61 Å². The van der Waals surface area contributed by atoms with Crippen molar-refractivity contribution in [3.63, 3.8) is 0 Å². The first kappa shape index (κ1) is 18.4. The van der Waals surface area contributed by atoms with E-state index < -0.39 is 23.7 Å². The van der Waals surface area contributed by atoms with Gasteiger partial charge in [-0.1, -0.05) is 18.9 Å². The predicted octanol–water partition coefficient (Wildman–Crippen LogP) is 5.56. The Hall–Kier alpha value is -1.65. The first-order valence-corrected chi connectivity index (χ1v) is 7.51. The Kier molecular flexibility index (Phi) is 7.85. The Morgan fingerprint density at radius 3 is 2.45 bits per heavy atom. The molecule has 5 heteroatoms. The molecule has 1 atom stereocenters. The molecule has 0 fully saturated rings. The van der Waals surface area contributed by atoms with E-state index in [1.807, 2.05) is 13.8 Å². The van der Waals surface area contributed by atoms with E-state index in [2.05, 4.69) is 6.58 Å². The van der Waals surface area contributed by atoms with Crippen molar-refractivity contribution in [2.45, 2.75) is 52.3 Å². The third kappa shape index (κ3) is 6.00. The van der Waals surface area contributed by atoms with Crippen molar-refractivity contribution < 1.29 is 22.6 Å². The van der Waals surface area contributed by atoms with Gasteiger partial charge in [0.2, 0.25) is 18.0 Å². The maximum atomic E-state index is 13.8. The first-order valence-electron chi connectivity index (χ1n) is 7.51. The molecule has 1 aromatic rings. The normalized spacial score (nSPS) is 12.0. The molecule has 1 aromatic carbocycles. The van der Waals surface area contributed by atoms with E-state index >= 15 is 0 Å². The quantitative estimate of drug-likeness (QED) is 0.415. The third-order valence-corrected chi connectivity index (χ3v) is 3.06. The largest absolute Gasteiger partial charge is 0.490 e. The van der Waals surface area contributed by atoms with Gasteiger partial charge in [-0.2, -0.15) is 8.78 Å². The van der Waals surface area contributed by atoms with Crippen LogP contribution in [0.25, 0.3) is 0 Å². The lowest BCUT2D eigenvalue weighted by Gasteiger charge is -2.14. The van der Waals surface area contributed by atoms with Gasteiger partial charge in [-0.25, -0.2) is 4.39 Å². The van der Waals surface area contributed by atoms with Gasteiger partial charge < -0.3 is 9.47 Å². The molecule has 0 radical (unpaired) electrons. The van der Waals surface area contributed by atoms with Crippen LogP contribution in [0.3, 0.4) is 0 Å². The molecule has 2 nitrogen and oxygen atoms in total. The monoisotopic (exact) mass is 316 g/mol. The molecule has 0 saturated heterocycles. The van der Waals surface area contributed by atoms with Crippen LogP contribution in [-0.4, -0.2) is 13.0 Å². The van der Waals surface area contributed by atoms with Crippen molar-refractivity contribution >= 4 is 0 Å². The first-order chi connectivity index (χ1) is 10.5. The molecule has 0 N–H and O–H groups in total. The highest BCUT2D eigenvalue weighted by Gasteiger charge is 2.18. The summed E-state index contributed by atoms with van der Waals surface area (Å²) in [7, 11) is 0. The number of benzene rings is 1. The van der Waals surface area contributed by atoms with E-state index in [4.69, 9.17) is 9.47 Å². The summed E-state index contributed by atoms with van der Waals surface area (Å²) < 4.78 is 51.1. The predicted molar refractivity (Wildman–Crippen MR) is 81.0 cm³/mol. The Labute approximate surface area is 129 Å². The Morgan fingerprint density at radius 2 is 1.82 bits per heavy atom. The number of unbranched alkanes of at least 4 members (excludes halogenated alkanes) is 1. The van der Waals surface area contributed by atoms with Gasteiger partial charge in [-0.05, 0) is 38.3 Å². The van der Waals surface area contributed by atoms with E-state index in [0.717, 1.165) is 18.4 Å². The van der Waals surface area contributed by atoms with Gasteiger partial charge in [-0.3, -0.25) is 0 Å². The number of alkyl halides is 1. The average molecular weight is 316 g/mol. The molecule has 1 rings (SSSR count). The topological polar surface area (TPSA) is 18.5 Å². The van der Waals surface area contributed by atoms with Crippen LogP contribution in [0.4, 0.5) is 13.2 Å². The Morgan fingerprint density at radius 1 is 1.18 bits per heavy atom. The summed E-state index contributed by atoms with van der Waals surface area (Å²) in [6, 6.07) is 2.44. The summed E-state index contributed by atoms with van der Waals surface area (Å²) in [6.07, 6.45) is 1.35. The standard InChI is InChI=1S/C17H23F3O2/c1-4-5-8-15(18)22-14-10-9-13(16(19)17(14)20)21-11-6-7-12(2)3/h9-10,15H,2,4-8,11H2,1,3H3. The lowest BCUT2D eigenvalue weighted by molar-refractivity contribution is 0.0525. The number of hydrogen-bond acceptors (Lipinski definition) is 2. The Bertz CT molecular complexity index is 489. The van der Waals surface area contributed by atoms with E-state index in [0.29, 0.717) is 12.8 Å². The van der Waals surface area contributed by atoms with Crippen LogP contribution >= 0.6 is 0 Å². The lowest BCUT2D eigenvalue weighted by Crippen LogP contribution is -2.11. The second-order valence-corrected chi connectivity index (χ2v) is 5.27. The van der Waals surface area contributed by atoms with Gasteiger partial charge in [0.15, 0.2) is 11.5 Å². The van der Waals surface area contributed by atoms with Crippen LogP contribution in [-0.2, 0) is 0 Å². The highest BCUT2D eigenvalue weighted by molar-refractivity contribution is 5.35. The maximum Gasteiger partial charge on any atom is 0.238 e. The molecule has 0 saturated carbocycles. The van der Waals surface area contributed by atoms with Crippen LogP contribution in [0.2, 0.25) is 0 Å². The fourth-order valence-corrected chi connectivity index (χ4v) is 1.83. The molecular formula is C17H23F3O2. The van der Waals surface area contributed by atoms with Crippen LogP contribution in [0, 0.1) is 11.6 Å². The summed E-state index contributed by atoms with van der Waals surface area (Å²) in [4.78, 5) is 0. The molecule has 0 spiro atoms. The second-order valence-electron chi connectivity index (χ2n) is 5.27. The van der Waals surface area contributed by atoms with E-state index in [1.54, 1.807) is 0 Å². The molecule has 0 aliphatic heterocycles. The molecule has 0 heterocycles. The zero-order valence-electron chi connectivity index (χ0n) is 13.1. The van der Waals surface area contributed by atoms with Crippen molar-refractivity contribution in [2.24, 2.45) is 0 Å². The SMILES string of the molecule is C=C(C)CCCOc1ccc(OC(F)CCCC)c(F)c1F. The van der Waals surface area contributed by atoms with Gasteiger partial charge in [-0.15, -0.1) is 6.58 Å². The molecule has 0 aliphatic rings. The molecule has 1 unspecified atom stereocenters. The highest BCUT2D eigenvalue weighted by atomic mass is 19.2. The summed E-state index contributed by atoms with van der Waals surface area (Å²) in [6.45, 7) is 7.80. The van der Waals surface area contributed by atoms with Gasteiger partial charge >= 0.3 is 0 Å². The van der Waals surface area contributed by atoms with Crippen molar-refractivity contribution in [1.82, 2.24) is 0 Å². The summed E-state index contributed by atoms with van der Waals surface area (Å²) in [5.41, 5.74) is 1.00. The molecule has 0 bridgehead atoms. The maximum absolute atomic E-state index is 13.8.